The molecule has 1 atom stereocenters. The van der Waals surface area contributed by atoms with E-state index in [4.69, 9.17) is 4.74 Å². The zero-order valence-electron chi connectivity index (χ0n) is 21.3. The van der Waals surface area contributed by atoms with Crippen LogP contribution in [0, 0.1) is 0 Å². The number of hydrogen-bond acceptors (Lipinski definition) is 4. The Labute approximate surface area is 213 Å². The number of rotatable bonds is 12. The molecule has 0 aliphatic heterocycles. The molecule has 35 heavy (non-hydrogen) atoms. The highest BCUT2D eigenvalue weighted by Crippen LogP contribution is 2.36. The monoisotopic (exact) mass is 498 g/mol. The number of thioether (sulfide) groups is 1. The highest BCUT2D eigenvalue weighted by Gasteiger charge is 2.32. The molecule has 3 rings (SSSR count). The average Bonchev–Trinajstić information content (AvgIpc) is 3.24. The number of carbonyl (C=O) groups excluding carboxylic acids is 1. The minimum atomic E-state index is -0.895. The van der Waals surface area contributed by atoms with E-state index in [1.807, 2.05) is 35.2 Å². The number of amides is 2. The van der Waals surface area contributed by atoms with Crippen molar-refractivity contribution in [2.75, 3.05) is 19.0 Å². The summed E-state index contributed by atoms with van der Waals surface area (Å²) < 4.78 is 4.40. The van der Waals surface area contributed by atoms with Gasteiger partial charge in [-0.2, -0.15) is 0 Å². The molecule has 2 aromatic carbocycles. The van der Waals surface area contributed by atoms with Crippen LogP contribution in [-0.4, -0.2) is 46.5 Å². The molecule has 2 N–H and O–H groups in total. The first-order chi connectivity index (χ1) is 16.7. The van der Waals surface area contributed by atoms with Gasteiger partial charge in [-0.15, -0.1) is 11.8 Å². The number of hydrogen-bond donors (Lipinski definition) is 2. The van der Waals surface area contributed by atoms with Crippen LogP contribution in [0.1, 0.15) is 64.0 Å². The molecule has 0 radical (unpaired) electrons. The Kier molecular flexibility index (Phi) is 9.49. The second-order valence-electron chi connectivity index (χ2n) is 9.68. The number of methoxy groups -OCH3 is 1. The van der Waals surface area contributed by atoms with Gasteiger partial charge in [0.15, 0.2) is 0 Å². The van der Waals surface area contributed by atoms with Gasteiger partial charge >= 0.3 is 12.0 Å². The van der Waals surface area contributed by atoms with E-state index in [1.165, 1.54) is 42.2 Å². The van der Waals surface area contributed by atoms with Crippen molar-refractivity contribution in [1.82, 2.24) is 4.90 Å². The van der Waals surface area contributed by atoms with E-state index in [2.05, 4.69) is 24.4 Å². The molecule has 1 aliphatic carbocycles. The van der Waals surface area contributed by atoms with E-state index in [9.17, 15) is 14.7 Å². The van der Waals surface area contributed by atoms with E-state index >= 15 is 0 Å². The van der Waals surface area contributed by atoms with Crippen molar-refractivity contribution in [2.45, 2.75) is 81.4 Å². The van der Waals surface area contributed by atoms with Crippen LogP contribution in [-0.2, 0) is 17.6 Å². The van der Waals surface area contributed by atoms with Gasteiger partial charge in [0.25, 0.3) is 0 Å². The van der Waals surface area contributed by atoms with Gasteiger partial charge in [0, 0.05) is 29.2 Å². The Morgan fingerprint density at radius 3 is 2.54 bits per heavy atom. The van der Waals surface area contributed by atoms with Crippen LogP contribution < -0.4 is 10.1 Å². The third kappa shape index (κ3) is 7.40. The molecule has 2 aromatic rings. The maximum atomic E-state index is 13.4. The van der Waals surface area contributed by atoms with Crippen LogP contribution in [0.4, 0.5) is 10.5 Å². The second kappa shape index (κ2) is 12.3. The van der Waals surface area contributed by atoms with Gasteiger partial charge in [-0.1, -0.05) is 44.7 Å². The lowest BCUT2D eigenvalue weighted by atomic mass is 10.1. The van der Waals surface area contributed by atoms with Crippen LogP contribution in [0.5, 0.6) is 5.75 Å². The fourth-order valence-electron chi connectivity index (χ4n) is 4.43. The summed E-state index contributed by atoms with van der Waals surface area (Å²) in [5.74, 6) is -0.124. The number of ether oxygens (including phenoxy) is 1. The third-order valence-corrected chi connectivity index (χ3v) is 7.68. The topological polar surface area (TPSA) is 78.9 Å². The van der Waals surface area contributed by atoms with Gasteiger partial charge in [0.2, 0.25) is 0 Å². The van der Waals surface area contributed by atoms with Gasteiger partial charge < -0.3 is 20.1 Å². The lowest BCUT2D eigenvalue weighted by molar-refractivity contribution is -0.138. The number of nitrogens with one attached hydrogen (secondary N) is 1. The van der Waals surface area contributed by atoms with E-state index in [0.717, 1.165) is 36.3 Å². The summed E-state index contributed by atoms with van der Waals surface area (Å²) in [5, 5.41) is 12.5. The van der Waals surface area contributed by atoms with Crippen LogP contribution >= 0.6 is 11.8 Å². The molecular weight excluding hydrogens is 460 g/mol. The molecule has 0 saturated carbocycles. The van der Waals surface area contributed by atoms with Gasteiger partial charge in [-0.05, 0) is 68.5 Å². The SMILES string of the molecule is CCCCCCCN(C(=O)Nc1cccc(OC)c1)C1Cc2ccc(SC(C)(C)C(=O)O)cc2C1. The van der Waals surface area contributed by atoms with Crippen molar-refractivity contribution in [3.63, 3.8) is 0 Å². The zero-order valence-corrected chi connectivity index (χ0v) is 22.1. The van der Waals surface area contributed by atoms with Crippen LogP contribution in [0.15, 0.2) is 47.4 Å². The smallest absolute Gasteiger partial charge is 0.322 e. The van der Waals surface area contributed by atoms with E-state index in [0.29, 0.717) is 12.3 Å². The number of unbranched alkanes of at least 4 members (excludes halogenated alkanes) is 4. The summed E-state index contributed by atoms with van der Waals surface area (Å²) >= 11 is 1.36. The molecule has 6 nitrogen and oxygen atoms in total. The summed E-state index contributed by atoms with van der Waals surface area (Å²) in [6.07, 6.45) is 7.27. The first kappa shape index (κ1) is 26.9. The molecule has 0 saturated heterocycles. The van der Waals surface area contributed by atoms with Crippen molar-refractivity contribution in [3.05, 3.63) is 53.6 Å². The maximum Gasteiger partial charge on any atom is 0.322 e. The Balaban J connectivity index is 1.73. The number of fused-ring (bicyclic) bond motifs is 1. The molecule has 0 heterocycles. The Morgan fingerprint density at radius 2 is 1.83 bits per heavy atom. The molecule has 0 fully saturated rings. The minimum Gasteiger partial charge on any atom is -0.497 e. The molecule has 1 aliphatic rings. The molecule has 1 unspecified atom stereocenters. The van der Waals surface area contributed by atoms with Crippen molar-refractivity contribution in [1.29, 1.82) is 0 Å². The first-order valence-electron chi connectivity index (χ1n) is 12.5. The molecule has 2 amide bonds. The number of aliphatic carboxylic acids is 1. The van der Waals surface area contributed by atoms with E-state index in [-0.39, 0.29) is 12.1 Å². The van der Waals surface area contributed by atoms with Crippen LogP contribution in [0.2, 0.25) is 0 Å². The summed E-state index contributed by atoms with van der Waals surface area (Å²) in [5.41, 5.74) is 3.15. The minimum absolute atomic E-state index is 0.0783. The summed E-state index contributed by atoms with van der Waals surface area (Å²) in [6.45, 7) is 6.36. The number of carbonyl (C=O) groups is 2. The predicted molar refractivity (Wildman–Crippen MR) is 143 cm³/mol. The quantitative estimate of drug-likeness (QED) is 0.254. The third-order valence-electron chi connectivity index (χ3n) is 6.50. The first-order valence-corrected chi connectivity index (χ1v) is 13.3. The van der Waals surface area contributed by atoms with Gasteiger partial charge in [-0.25, -0.2) is 4.79 Å². The standard InChI is InChI=1S/C28H38N2O4S/c1-5-6-7-8-9-15-30(27(33)29-22-11-10-12-24(19-22)34-4)23-16-20-13-14-25(18-21(20)17-23)35-28(2,3)26(31)32/h10-14,18-19,23H,5-9,15-17H2,1-4H3,(H,29,33)(H,31,32). The largest absolute Gasteiger partial charge is 0.497 e. The van der Waals surface area contributed by atoms with E-state index in [1.54, 1.807) is 21.0 Å². The summed E-state index contributed by atoms with van der Waals surface area (Å²) in [7, 11) is 1.61. The van der Waals surface area contributed by atoms with Crippen molar-refractivity contribution in [3.8, 4) is 5.75 Å². The number of nitrogens with zero attached hydrogens (tertiary/aromatic N) is 1. The zero-order chi connectivity index (χ0) is 25.4. The number of carboxylic acid groups (broad SMARTS) is 1. The second-order valence-corrected chi connectivity index (χ2v) is 11.4. The Bertz CT molecular complexity index is 1020. The number of carboxylic acids is 1. The predicted octanol–water partition coefficient (Wildman–Crippen LogP) is 6.62. The van der Waals surface area contributed by atoms with Crippen molar-refractivity contribution >= 4 is 29.4 Å². The Morgan fingerprint density at radius 1 is 1.09 bits per heavy atom. The lowest BCUT2D eigenvalue weighted by Crippen LogP contribution is -2.44. The fraction of sp³-hybridized carbons (Fsp3) is 0.500. The molecular formula is C28H38N2O4S. The molecule has 0 aromatic heterocycles. The number of urea groups is 1. The van der Waals surface area contributed by atoms with Crippen molar-refractivity contribution in [2.24, 2.45) is 0 Å². The summed E-state index contributed by atoms with van der Waals surface area (Å²) in [6, 6.07) is 13.6. The molecule has 0 spiro atoms. The molecule has 0 bridgehead atoms. The number of benzene rings is 2. The van der Waals surface area contributed by atoms with Gasteiger partial charge in [0.1, 0.15) is 10.5 Å². The normalized spacial score (nSPS) is 14.9. The van der Waals surface area contributed by atoms with Crippen LogP contribution in [0.3, 0.4) is 0 Å². The summed E-state index contributed by atoms with van der Waals surface area (Å²) in [4.78, 5) is 27.9. The fourth-order valence-corrected chi connectivity index (χ4v) is 5.44. The van der Waals surface area contributed by atoms with Gasteiger partial charge in [0.05, 0.1) is 7.11 Å². The highest BCUT2D eigenvalue weighted by molar-refractivity contribution is 8.01. The average molecular weight is 499 g/mol. The molecule has 190 valence electrons. The maximum absolute atomic E-state index is 13.4. The number of anilines is 1. The van der Waals surface area contributed by atoms with Gasteiger partial charge in [-0.3, -0.25) is 4.79 Å². The lowest BCUT2D eigenvalue weighted by Gasteiger charge is -2.29. The Hall–Kier alpha value is -2.67. The highest BCUT2D eigenvalue weighted by atomic mass is 32.2. The van der Waals surface area contributed by atoms with Crippen molar-refractivity contribution < 1.29 is 19.4 Å². The molecule has 7 heteroatoms. The van der Waals surface area contributed by atoms with Crippen LogP contribution in [0.25, 0.3) is 0 Å². The van der Waals surface area contributed by atoms with E-state index < -0.39 is 10.7 Å².